The van der Waals surface area contributed by atoms with Gasteiger partial charge in [0.2, 0.25) is 0 Å². The van der Waals surface area contributed by atoms with E-state index in [0.717, 1.165) is 5.56 Å². The van der Waals surface area contributed by atoms with Crippen molar-refractivity contribution >= 4 is 11.9 Å². The summed E-state index contributed by atoms with van der Waals surface area (Å²) >= 11 is 0. The van der Waals surface area contributed by atoms with E-state index in [-0.39, 0.29) is 5.91 Å². The lowest BCUT2D eigenvalue weighted by molar-refractivity contribution is -0.139. The van der Waals surface area contributed by atoms with Gasteiger partial charge in [0.1, 0.15) is 6.04 Å². The van der Waals surface area contributed by atoms with E-state index < -0.39 is 12.0 Å². The number of hydrogen-bond acceptors (Lipinski definition) is 2. The predicted molar refractivity (Wildman–Crippen MR) is 60.4 cm³/mol. The van der Waals surface area contributed by atoms with Gasteiger partial charge in [0.15, 0.2) is 0 Å². The zero-order valence-electron chi connectivity index (χ0n) is 9.36. The second-order valence-electron chi connectivity index (χ2n) is 3.59. The highest BCUT2D eigenvalue weighted by Gasteiger charge is 2.18. The summed E-state index contributed by atoms with van der Waals surface area (Å²) in [7, 11) is 0. The first-order valence-corrected chi connectivity index (χ1v) is 5.15. The summed E-state index contributed by atoms with van der Waals surface area (Å²) in [6, 6.07) is 6.26. The quantitative estimate of drug-likeness (QED) is 0.811. The second-order valence-corrected chi connectivity index (χ2v) is 3.59. The predicted octanol–water partition coefficient (Wildman–Crippen LogP) is 1.59. The zero-order chi connectivity index (χ0) is 12.1. The van der Waals surface area contributed by atoms with Gasteiger partial charge >= 0.3 is 5.97 Å². The minimum absolute atomic E-state index is 0.340. The van der Waals surface area contributed by atoms with Gasteiger partial charge in [-0.1, -0.05) is 25.1 Å². The molecular formula is C12H15NO3. The molecule has 0 aliphatic heterocycles. The molecule has 0 fully saturated rings. The number of aryl methyl sites for hydroxylation is 1. The molecular weight excluding hydrogens is 206 g/mol. The Morgan fingerprint density at radius 1 is 1.38 bits per heavy atom. The van der Waals surface area contributed by atoms with Crippen LogP contribution in [0.25, 0.3) is 0 Å². The SMILES string of the molecule is CC[C@H](NC(=O)c1ccccc1C)C(=O)O. The molecule has 16 heavy (non-hydrogen) atoms. The van der Waals surface area contributed by atoms with Crippen LogP contribution in [0.5, 0.6) is 0 Å². The lowest BCUT2D eigenvalue weighted by atomic mass is 10.1. The van der Waals surface area contributed by atoms with Crippen LogP contribution in [-0.2, 0) is 4.79 Å². The summed E-state index contributed by atoms with van der Waals surface area (Å²) in [5.74, 6) is -1.35. The molecule has 0 unspecified atom stereocenters. The lowest BCUT2D eigenvalue weighted by Gasteiger charge is -2.13. The highest BCUT2D eigenvalue weighted by atomic mass is 16.4. The molecule has 1 rings (SSSR count). The van der Waals surface area contributed by atoms with Crippen LogP contribution in [-0.4, -0.2) is 23.0 Å². The largest absolute Gasteiger partial charge is 0.480 e. The standard InChI is InChI=1S/C12H15NO3/c1-3-10(12(15)16)13-11(14)9-7-5-4-6-8(9)2/h4-7,10H,3H2,1-2H3,(H,13,14)(H,15,16)/t10-/m0/s1. The van der Waals surface area contributed by atoms with Crippen LogP contribution in [0.4, 0.5) is 0 Å². The fourth-order valence-corrected chi connectivity index (χ4v) is 1.40. The van der Waals surface area contributed by atoms with Crippen molar-refractivity contribution in [2.45, 2.75) is 26.3 Å². The molecule has 1 aromatic carbocycles. The molecule has 2 N–H and O–H groups in total. The van der Waals surface area contributed by atoms with E-state index in [1.54, 1.807) is 19.1 Å². The molecule has 0 saturated carbocycles. The first kappa shape index (κ1) is 12.2. The van der Waals surface area contributed by atoms with E-state index in [0.29, 0.717) is 12.0 Å². The number of carbonyl (C=O) groups excluding carboxylic acids is 1. The highest BCUT2D eigenvalue weighted by molar-refractivity contribution is 5.97. The summed E-state index contributed by atoms with van der Waals surface area (Å²) < 4.78 is 0. The van der Waals surface area contributed by atoms with Crippen LogP contribution in [0.15, 0.2) is 24.3 Å². The van der Waals surface area contributed by atoms with Gasteiger partial charge in [-0.15, -0.1) is 0 Å². The Balaban J connectivity index is 2.80. The number of aliphatic carboxylic acids is 1. The van der Waals surface area contributed by atoms with E-state index in [1.807, 2.05) is 19.1 Å². The molecule has 1 aromatic rings. The van der Waals surface area contributed by atoms with E-state index >= 15 is 0 Å². The fourth-order valence-electron chi connectivity index (χ4n) is 1.40. The van der Waals surface area contributed by atoms with E-state index in [2.05, 4.69) is 5.32 Å². The Kier molecular flexibility index (Phi) is 4.05. The normalized spacial score (nSPS) is 11.9. The minimum Gasteiger partial charge on any atom is -0.480 e. The Bertz CT molecular complexity index is 401. The van der Waals surface area contributed by atoms with Crippen molar-refractivity contribution in [3.8, 4) is 0 Å². The van der Waals surface area contributed by atoms with Crippen LogP contribution in [0, 0.1) is 6.92 Å². The molecule has 0 aliphatic rings. The number of hydrogen-bond donors (Lipinski definition) is 2. The van der Waals surface area contributed by atoms with Crippen LogP contribution in [0.2, 0.25) is 0 Å². The number of nitrogens with one attached hydrogen (secondary N) is 1. The molecule has 0 bridgehead atoms. The number of amides is 1. The average Bonchev–Trinajstić information content (AvgIpc) is 2.25. The number of carboxylic acid groups (broad SMARTS) is 1. The molecule has 1 amide bonds. The lowest BCUT2D eigenvalue weighted by Crippen LogP contribution is -2.40. The second kappa shape index (κ2) is 5.30. The molecule has 1 atom stereocenters. The Hall–Kier alpha value is -1.84. The molecule has 0 heterocycles. The smallest absolute Gasteiger partial charge is 0.326 e. The first-order chi connectivity index (χ1) is 7.56. The highest BCUT2D eigenvalue weighted by Crippen LogP contribution is 2.07. The number of carboxylic acids is 1. The summed E-state index contributed by atoms with van der Waals surface area (Å²) in [4.78, 5) is 22.5. The number of benzene rings is 1. The summed E-state index contributed by atoms with van der Waals surface area (Å²) in [5.41, 5.74) is 1.35. The van der Waals surface area contributed by atoms with Crippen molar-refractivity contribution in [2.24, 2.45) is 0 Å². The van der Waals surface area contributed by atoms with E-state index in [4.69, 9.17) is 5.11 Å². The average molecular weight is 221 g/mol. The maximum atomic E-state index is 11.8. The summed E-state index contributed by atoms with van der Waals surface area (Å²) in [6.07, 6.45) is 0.368. The number of carbonyl (C=O) groups is 2. The molecule has 4 heteroatoms. The topological polar surface area (TPSA) is 66.4 Å². The minimum atomic E-state index is -1.01. The van der Waals surface area contributed by atoms with Crippen molar-refractivity contribution in [1.29, 1.82) is 0 Å². The molecule has 4 nitrogen and oxygen atoms in total. The van der Waals surface area contributed by atoms with Crippen molar-refractivity contribution in [1.82, 2.24) is 5.32 Å². The first-order valence-electron chi connectivity index (χ1n) is 5.15. The van der Waals surface area contributed by atoms with Gasteiger partial charge in [-0.25, -0.2) is 4.79 Å². The van der Waals surface area contributed by atoms with Gasteiger partial charge in [-0.2, -0.15) is 0 Å². The molecule has 86 valence electrons. The third-order valence-corrected chi connectivity index (χ3v) is 2.40. The van der Waals surface area contributed by atoms with Gasteiger partial charge in [0.25, 0.3) is 5.91 Å². The van der Waals surface area contributed by atoms with Crippen LogP contribution < -0.4 is 5.32 Å². The number of rotatable bonds is 4. The van der Waals surface area contributed by atoms with Crippen molar-refractivity contribution in [3.63, 3.8) is 0 Å². The van der Waals surface area contributed by atoms with Gasteiger partial charge in [-0.05, 0) is 25.0 Å². The molecule has 0 aliphatic carbocycles. The van der Waals surface area contributed by atoms with Gasteiger partial charge in [-0.3, -0.25) is 4.79 Å². The molecule has 0 radical (unpaired) electrons. The Morgan fingerprint density at radius 2 is 2.00 bits per heavy atom. The Morgan fingerprint density at radius 3 is 2.50 bits per heavy atom. The maximum Gasteiger partial charge on any atom is 0.326 e. The van der Waals surface area contributed by atoms with Crippen LogP contribution in [0.1, 0.15) is 29.3 Å². The van der Waals surface area contributed by atoms with Crippen LogP contribution in [0.3, 0.4) is 0 Å². The van der Waals surface area contributed by atoms with Crippen molar-refractivity contribution in [3.05, 3.63) is 35.4 Å². The summed E-state index contributed by atoms with van der Waals surface area (Å²) in [5, 5.41) is 11.3. The van der Waals surface area contributed by atoms with Crippen LogP contribution >= 0.6 is 0 Å². The third-order valence-electron chi connectivity index (χ3n) is 2.40. The fraction of sp³-hybridized carbons (Fsp3) is 0.333. The van der Waals surface area contributed by atoms with Gasteiger partial charge < -0.3 is 10.4 Å². The molecule has 0 aromatic heterocycles. The Labute approximate surface area is 94.3 Å². The molecule has 0 spiro atoms. The maximum absolute atomic E-state index is 11.8. The van der Waals surface area contributed by atoms with Crippen molar-refractivity contribution < 1.29 is 14.7 Å². The van der Waals surface area contributed by atoms with Gasteiger partial charge in [0.05, 0.1) is 0 Å². The molecule has 0 saturated heterocycles. The summed E-state index contributed by atoms with van der Waals surface area (Å²) in [6.45, 7) is 3.54. The zero-order valence-corrected chi connectivity index (χ0v) is 9.36. The van der Waals surface area contributed by atoms with Crippen molar-refractivity contribution in [2.75, 3.05) is 0 Å². The van der Waals surface area contributed by atoms with Gasteiger partial charge in [0, 0.05) is 5.56 Å². The third kappa shape index (κ3) is 2.82. The monoisotopic (exact) mass is 221 g/mol. The van der Waals surface area contributed by atoms with E-state index in [9.17, 15) is 9.59 Å². The van der Waals surface area contributed by atoms with E-state index in [1.165, 1.54) is 0 Å².